The summed E-state index contributed by atoms with van der Waals surface area (Å²) in [5.74, 6) is 0.139. The van der Waals surface area contributed by atoms with Crippen LogP contribution in [0.1, 0.15) is 41.9 Å². The smallest absolute Gasteiger partial charge is 0.253 e. The number of likely N-dealkylation sites (tertiary alicyclic amines) is 1. The van der Waals surface area contributed by atoms with Crippen molar-refractivity contribution in [3.05, 3.63) is 41.1 Å². The average Bonchev–Trinajstić information content (AvgIpc) is 3.20. The lowest BCUT2D eigenvalue weighted by Gasteiger charge is -2.56. The molecular weight excluding hydrogens is 362 g/mol. The van der Waals surface area contributed by atoms with Crippen molar-refractivity contribution in [3.63, 3.8) is 0 Å². The predicted molar refractivity (Wildman–Crippen MR) is 113 cm³/mol. The van der Waals surface area contributed by atoms with Crippen LogP contribution < -0.4 is 5.32 Å². The number of aromatic amines is 2. The number of hydrogen-bond donors (Lipinski definition) is 3. The monoisotopic (exact) mass is 389 g/mol. The normalized spacial score (nSPS) is 21.7. The number of rotatable bonds is 2. The lowest BCUT2D eigenvalue weighted by molar-refractivity contribution is -0.0248. The van der Waals surface area contributed by atoms with Crippen LogP contribution in [-0.2, 0) is 12.8 Å². The molecule has 29 heavy (non-hydrogen) atoms. The summed E-state index contributed by atoms with van der Waals surface area (Å²) in [6.45, 7) is 8.48. The maximum atomic E-state index is 12.9. The van der Waals surface area contributed by atoms with Crippen LogP contribution >= 0.6 is 0 Å². The molecule has 0 radical (unpaired) electrons. The number of nitrogens with zero attached hydrogens (tertiary/aromatic N) is 2. The zero-order chi connectivity index (χ0) is 19.8. The number of benzene rings is 1. The van der Waals surface area contributed by atoms with Gasteiger partial charge in [-0.2, -0.15) is 5.10 Å². The summed E-state index contributed by atoms with van der Waals surface area (Å²) >= 11 is 0. The Morgan fingerprint density at radius 3 is 2.76 bits per heavy atom. The quantitative estimate of drug-likeness (QED) is 0.630. The fourth-order valence-electron chi connectivity index (χ4n) is 5.25. The van der Waals surface area contributed by atoms with E-state index in [2.05, 4.69) is 40.4 Å². The molecule has 6 heteroatoms. The second-order valence-electron chi connectivity index (χ2n) is 10.1. The van der Waals surface area contributed by atoms with E-state index in [4.69, 9.17) is 0 Å². The molecule has 0 bridgehead atoms. The molecule has 4 heterocycles. The number of hydrogen-bond acceptors (Lipinski definition) is 3. The number of amides is 1. The highest BCUT2D eigenvalue weighted by atomic mass is 16.2. The topological polar surface area (TPSA) is 76.8 Å². The highest BCUT2D eigenvalue weighted by Gasteiger charge is 2.49. The van der Waals surface area contributed by atoms with Crippen LogP contribution in [0.15, 0.2) is 24.3 Å². The maximum Gasteiger partial charge on any atom is 0.253 e. The van der Waals surface area contributed by atoms with Crippen LogP contribution in [0.3, 0.4) is 0 Å². The average molecular weight is 390 g/mol. The first kappa shape index (κ1) is 17.3. The number of fused-ring (bicyclic) bond motifs is 2. The van der Waals surface area contributed by atoms with Gasteiger partial charge in [0.1, 0.15) is 5.69 Å². The molecule has 6 rings (SSSR count). The zero-order valence-corrected chi connectivity index (χ0v) is 17.1. The van der Waals surface area contributed by atoms with Crippen molar-refractivity contribution in [1.82, 2.24) is 25.4 Å². The zero-order valence-electron chi connectivity index (χ0n) is 17.1. The Balaban J connectivity index is 1.28. The molecule has 3 N–H and O–H groups in total. The Morgan fingerprint density at radius 1 is 1.17 bits per heavy atom. The van der Waals surface area contributed by atoms with Crippen molar-refractivity contribution < 1.29 is 4.79 Å². The van der Waals surface area contributed by atoms with Crippen LogP contribution in [0.2, 0.25) is 0 Å². The van der Waals surface area contributed by atoms with Gasteiger partial charge in [0.15, 0.2) is 0 Å². The van der Waals surface area contributed by atoms with Crippen molar-refractivity contribution in [2.24, 2.45) is 10.8 Å². The van der Waals surface area contributed by atoms with Crippen molar-refractivity contribution in [1.29, 1.82) is 0 Å². The number of carbonyl (C=O) groups is 1. The Bertz CT molecular complexity index is 1130. The third-order valence-electron chi connectivity index (χ3n) is 7.12. The van der Waals surface area contributed by atoms with E-state index in [-0.39, 0.29) is 5.91 Å². The van der Waals surface area contributed by atoms with Crippen LogP contribution in [-0.4, -0.2) is 52.2 Å². The Kier molecular flexibility index (Phi) is 3.41. The minimum Gasteiger partial charge on any atom is -0.353 e. The molecule has 0 saturated carbocycles. The van der Waals surface area contributed by atoms with Gasteiger partial charge in [-0.3, -0.25) is 9.89 Å². The van der Waals surface area contributed by atoms with Crippen LogP contribution in [0.5, 0.6) is 0 Å². The van der Waals surface area contributed by atoms with E-state index in [9.17, 15) is 4.79 Å². The molecule has 3 aliphatic rings. The molecule has 0 unspecified atom stereocenters. The summed E-state index contributed by atoms with van der Waals surface area (Å²) in [5.41, 5.74) is 7.12. The first-order valence-electron chi connectivity index (χ1n) is 10.6. The van der Waals surface area contributed by atoms with Gasteiger partial charge in [-0.25, -0.2) is 0 Å². The number of nitrogens with one attached hydrogen (secondary N) is 3. The third kappa shape index (κ3) is 2.65. The summed E-state index contributed by atoms with van der Waals surface area (Å²) in [5, 5.41) is 12.3. The minimum atomic E-state index is 0.139. The molecule has 3 aromatic rings. The van der Waals surface area contributed by atoms with Gasteiger partial charge in [-0.05, 0) is 42.9 Å². The first-order chi connectivity index (χ1) is 13.9. The molecule has 1 amide bonds. The van der Waals surface area contributed by atoms with E-state index in [1.165, 1.54) is 17.7 Å². The summed E-state index contributed by atoms with van der Waals surface area (Å²) in [7, 11) is 0. The van der Waals surface area contributed by atoms with Gasteiger partial charge in [-0.1, -0.05) is 19.9 Å². The predicted octanol–water partition coefficient (Wildman–Crippen LogP) is 3.12. The van der Waals surface area contributed by atoms with E-state index in [1.807, 2.05) is 23.1 Å². The Morgan fingerprint density at radius 2 is 2.00 bits per heavy atom. The van der Waals surface area contributed by atoms with Crippen molar-refractivity contribution in [2.75, 3.05) is 26.2 Å². The molecule has 1 aromatic carbocycles. The summed E-state index contributed by atoms with van der Waals surface area (Å²) < 4.78 is 0. The molecule has 2 aliphatic heterocycles. The molecule has 1 spiro atoms. The molecule has 2 aromatic heterocycles. The standard InChI is InChI=1S/C23H27N5O/c1-22(2)6-5-16-19(9-22)26-27-20(16)18-7-14-3-4-15(8-17(14)25-18)21(29)28-12-23(13-28)10-24-11-23/h3-4,7-8,24-25H,5-6,9-13H2,1-2H3,(H,26,27). The number of aromatic nitrogens is 3. The Labute approximate surface area is 170 Å². The largest absolute Gasteiger partial charge is 0.353 e. The molecule has 2 fully saturated rings. The van der Waals surface area contributed by atoms with Crippen LogP contribution in [0.4, 0.5) is 0 Å². The number of carbonyl (C=O) groups excluding carboxylic acids is 1. The molecular formula is C23H27N5O. The van der Waals surface area contributed by atoms with Crippen LogP contribution in [0.25, 0.3) is 22.3 Å². The highest BCUT2D eigenvalue weighted by Crippen LogP contribution is 2.38. The fourth-order valence-corrected chi connectivity index (χ4v) is 5.25. The highest BCUT2D eigenvalue weighted by molar-refractivity contribution is 5.99. The lowest BCUT2D eigenvalue weighted by Crippen LogP contribution is -2.71. The lowest BCUT2D eigenvalue weighted by atomic mass is 9.74. The van der Waals surface area contributed by atoms with E-state index >= 15 is 0 Å². The van der Waals surface area contributed by atoms with E-state index in [1.54, 1.807) is 0 Å². The van der Waals surface area contributed by atoms with Gasteiger partial charge >= 0.3 is 0 Å². The van der Waals surface area contributed by atoms with E-state index in [0.717, 1.165) is 66.9 Å². The van der Waals surface area contributed by atoms with Crippen LogP contribution in [0, 0.1) is 10.8 Å². The molecule has 6 nitrogen and oxygen atoms in total. The SMILES string of the molecule is CC1(C)CCc2c(-c3cc4ccc(C(=O)N5CC6(CNC6)C5)cc4[nH]3)n[nH]c2C1. The minimum absolute atomic E-state index is 0.139. The second-order valence-corrected chi connectivity index (χ2v) is 10.1. The second kappa shape index (κ2) is 5.72. The van der Waals surface area contributed by atoms with Crippen molar-refractivity contribution >= 4 is 16.8 Å². The molecule has 1 aliphatic carbocycles. The number of H-pyrrole nitrogens is 2. The van der Waals surface area contributed by atoms with Crippen molar-refractivity contribution in [3.8, 4) is 11.4 Å². The van der Waals surface area contributed by atoms with Gasteiger partial charge < -0.3 is 15.2 Å². The summed E-state index contributed by atoms with van der Waals surface area (Å²) in [6, 6.07) is 8.14. The molecule has 0 atom stereocenters. The summed E-state index contributed by atoms with van der Waals surface area (Å²) in [6.07, 6.45) is 3.28. The van der Waals surface area contributed by atoms with Gasteiger partial charge in [-0.15, -0.1) is 0 Å². The van der Waals surface area contributed by atoms with Gasteiger partial charge in [0.2, 0.25) is 0 Å². The Hall–Kier alpha value is -2.60. The third-order valence-corrected chi connectivity index (χ3v) is 7.12. The fraction of sp³-hybridized carbons (Fsp3) is 0.478. The molecule has 150 valence electrons. The maximum absolute atomic E-state index is 12.9. The van der Waals surface area contributed by atoms with Crippen molar-refractivity contribution in [2.45, 2.75) is 33.1 Å². The van der Waals surface area contributed by atoms with E-state index in [0.29, 0.717) is 10.8 Å². The summed E-state index contributed by atoms with van der Waals surface area (Å²) in [4.78, 5) is 18.3. The van der Waals surface area contributed by atoms with Gasteiger partial charge in [0.05, 0.1) is 5.69 Å². The molecule has 2 saturated heterocycles. The van der Waals surface area contributed by atoms with Gasteiger partial charge in [0.25, 0.3) is 5.91 Å². The van der Waals surface area contributed by atoms with E-state index < -0.39 is 0 Å². The first-order valence-corrected chi connectivity index (χ1v) is 10.6. The van der Waals surface area contributed by atoms with Gasteiger partial charge in [0, 0.05) is 59.3 Å².